The van der Waals surface area contributed by atoms with Crippen molar-refractivity contribution in [2.24, 2.45) is 17.8 Å². The van der Waals surface area contributed by atoms with Gasteiger partial charge in [-0.2, -0.15) is 0 Å². The van der Waals surface area contributed by atoms with Crippen LogP contribution in [0.15, 0.2) is 24.5 Å². The molecule has 1 aromatic rings. The van der Waals surface area contributed by atoms with Crippen LogP contribution in [-0.4, -0.2) is 35.6 Å². The lowest BCUT2D eigenvalue weighted by Crippen LogP contribution is -2.61. The van der Waals surface area contributed by atoms with Crippen molar-refractivity contribution in [3.05, 3.63) is 24.5 Å². The molecule has 4 fully saturated rings. The van der Waals surface area contributed by atoms with E-state index in [0.717, 1.165) is 23.5 Å². The van der Waals surface area contributed by atoms with Crippen LogP contribution >= 0.6 is 0 Å². The molecule has 3 heteroatoms. The first-order valence-electron chi connectivity index (χ1n) is 6.67. The minimum Gasteiger partial charge on any atom is -0.488 e. The average Bonchev–Trinajstić information content (AvgIpc) is 2.34. The zero-order valence-electron chi connectivity index (χ0n) is 9.96. The van der Waals surface area contributed by atoms with Crippen LogP contribution in [0.2, 0.25) is 0 Å². The second-order valence-corrected chi connectivity index (χ2v) is 5.85. The van der Waals surface area contributed by atoms with E-state index in [1.807, 2.05) is 18.3 Å². The lowest BCUT2D eigenvalue weighted by Gasteiger charge is -2.55. The molecule has 0 aromatic carbocycles. The molecule has 1 aliphatic carbocycles. The summed E-state index contributed by atoms with van der Waals surface area (Å²) in [6.07, 6.45) is 6.82. The van der Waals surface area contributed by atoms with E-state index in [0.29, 0.717) is 6.10 Å². The maximum atomic E-state index is 6.20. The zero-order valence-corrected chi connectivity index (χ0v) is 9.96. The zero-order chi connectivity index (χ0) is 11.2. The molecule has 4 unspecified atom stereocenters. The van der Waals surface area contributed by atoms with E-state index in [9.17, 15) is 0 Å². The molecule has 3 saturated heterocycles. The van der Waals surface area contributed by atoms with Gasteiger partial charge in [-0.1, -0.05) is 0 Å². The quantitative estimate of drug-likeness (QED) is 0.774. The smallest absolute Gasteiger partial charge is 0.138 e. The van der Waals surface area contributed by atoms with E-state index in [1.165, 1.54) is 32.5 Å². The summed E-state index contributed by atoms with van der Waals surface area (Å²) in [6.45, 7) is 3.84. The molecule has 0 N–H and O–H groups in total. The number of rotatable bonds is 2. The second-order valence-electron chi connectivity index (χ2n) is 5.85. The van der Waals surface area contributed by atoms with Crippen LogP contribution in [-0.2, 0) is 0 Å². The first kappa shape index (κ1) is 9.89. The highest BCUT2D eigenvalue weighted by Gasteiger charge is 2.48. The fourth-order valence-corrected chi connectivity index (χ4v) is 4.13. The highest BCUT2D eigenvalue weighted by molar-refractivity contribution is 5.17. The third-order valence-electron chi connectivity index (χ3n) is 4.61. The molecule has 5 atom stereocenters. The van der Waals surface area contributed by atoms with Crippen molar-refractivity contribution >= 4 is 0 Å². The lowest BCUT2D eigenvalue weighted by molar-refractivity contribution is -0.0985. The van der Waals surface area contributed by atoms with E-state index in [1.54, 1.807) is 6.20 Å². The molecule has 5 rings (SSSR count). The molecular formula is C14H18N2O. The topological polar surface area (TPSA) is 25.4 Å². The molecule has 3 nitrogen and oxygen atoms in total. The Hall–Kier alpha value is -1.09. The van der Waals surface area contributed by atoms with E-state index in [-0.39, 0.29) is 0 Å². The maximum absolute atomic E-state index is 6.20. The molecule has 4 heterocycles. The Labute approximate surface area is 102 Å². The fourth-order valence-electron chi connectivity index (χ4n) is 4.13. The Kier molecular flexibility index (Phi) is 2.15. The summed E-state index contributed by atoms with van der Waals surface area (Å²) < 4.78 is 6.20. The monoisotopic (exact) mass is 230 g/mol. The highest BCUT2D eigenvalue weighted by atomic mass is 16.5. The Morgan fingerprint density at radius 2 is 2.00 bits per heavy atom. The average molecular weight is 230 g/mol. The molecule has 1 aromatic heterocycles. The predicted molar refractivity (Wildman–Crippen MR) is 64.8 cm³/mol. The molecule has 4 bridgehead atoms. The van der Waals surface area contributed by atoms with Gasteiger partial charge in [0.2, 0.25) is 0 Å². The summed E-state index contributed by atoms with van der Waals surface area (Å²) in [6, 6.07) is 3.98. The van der Waals surface area contributed by atoms with Crippen molar-refractivity contribution in [1.82, 2.24) is 9.88 Å². The predicted octanol–water partition coefficient (Wildman–Crippen LogP) is 1.80. The van der Waals surface area contributed by atoms with Crippen molar-refractivity contribution in [3.8, 4) is 5.75 Å². The standard InChI is InChI=1S/C14H18N2O/c1-2-13(6-15-3-1)17-14-11-4-10-5-12(14)9-16(7-10)8-11/h1-3,6,10-12,14H,4-5,7-9H2/t10?,11-,12?,14?/m1/s1. The van der Waals surface area contributed by atoms with Gasteiger partial charge in [0, 0.05) is 37.7 Å². The molecule has 17 heavy (non-hydrogen) atoms. The first-order chi connectivity index (χ1) is 8.38. The van der Waals surface area contributed by atoms with Crippen LogP contribution in [0.5, 0.6) is 5.75 Å². The van der Waals surface area contributed by atoms with E-state index in [4.69, 9.17) is 4.74 Å². The van der Waals surface area contributed by atoms with Gasteiger partial charge in [0.05, 0.1) is 6.20 Å². The highest BCUT2D eigenvalue weighted by Crippen LogP contribution is 2.44. The molecule has 90 valence electrons. The van der Waals surface area contributed by atoms with Crippen molar-refractivity contribution in [2.75, 3.05) is 19.6 Å². The lowest BCUT2D eigenvalue weighted by atomic mass is 9.66. The summed E-state index contributed by atoms with van der Waals surface area (Å²) in [5.41, 5.74) is 0. The fraction of sp³-hybridized carbons (Fsp3) is 0.643. The van der Waals surface area contributed by atoms with Gasteiger partial charge >= 0.3 is 0 Å². The van der Waals surface area contributed by atoms with E-state index in [2.05, 4.69) is 9.88 Å². The van der Waals surface area contributed by atoms with Gasteiger partial charge in [-0.25, -0.2) is 0 Å². The van der Waals surface area contributed by atoms with Gasteiger partial charge < -0.3 is 9.64 Å². The van der Waals surface area contributed by atoms with Gasteiger partial charge in [-0.3, -0.25) is 4.98 Å². The van der Waals surface area contributed by atoms with Crippen LogP contribution in [0.3, 0.4) is 0 Å². The number of piperidine rings is 3. The summed E-state index contributed by atoms with van der Waals surface area (Å²) in [7, 11) is 0. The molecule has 4 aliphatic rings. The van der Waals surface area contributed by atoms with E-state index < -0.39 is 0 Å². The number of ether oxygens (including phenoxy) is 1. The van der Waals surface area contributed by atoms with Crippen molar-refractivity contribution in [1.29, 1.82) is 0 Å². The van der Waals surface area contributed by atoms with Crippen LogP contribution in [0.25, 0.3) is 0 Å². The molecule has 1 saturated carbocycles. The maximum Gasteiger partial charge on any atom is 0.138 e. The summed E-state index contributed by atoms with van der Waals surface area (Å²) in [5, 5.41) is 0. The number of hydrogen-bond donors (Lipinski definition) is 0. The van der Waals surface area contributed by atoms with E-state index >= 15 is 0 Å². The van der Waals surface area contributed by atoms with Gasteiger partial charge in [-0.15, -0.1) is 0 Å². The Bertz CT molecular complexity index is 378. The van der Waals surface area contributed by atoms with Crippen molar-refractivity contribution < 1.29 is 4.74 Å². The Morgan fingerprint density at radius 1 is 1.18 bits per heavy atom. The normalized spacial score (nSPS) is 42.7. The molecule has 0 spiro atoms. The molecule has 0 radical (unpaired) electrons. The number of nitrogens with zero attached hydrogens (tertiary/aromatic N) is 2. The van der Waals surface area contributed by atoms with Crippen LogP contribution in [0, 0.1) is 17.8 Å². The third-order valence-corrected chi connectivity index (χ3v) is 4.61. The molecular weight excluding hydrogens is 212 g/mol. The Balaban J connectivity index is 1.55. The number of aromatic nitrogens is 1. The number of pyridine rings is 1. The third kappa shape index (κ3) is 1.64. The van der Waals surface area contributed by atoms with Gasteiger partial charge in [0.25, 0.3) is 0 Å². The van der Waals surface area contributed by atoms with Gasteiger partial charge in [0.15, 0.2) is 0 Å². The van der Waals surface area contributed by atoms with Crippen LogP contribution < -0.4 is 4.74 Å². The van der Waals surface area contributed by atoms with Gasteiger partial charge in [-0.05, 0) is 30.9 Å². The summed E-state index contributed by atoms with van der Waals surface area (Å²) >= 11 is 0. The minimum absolute atomic E-state index is 0.437. The largest absolute Gasteiger partial charge is 0.488 e. The minimum atomic E-state index is 0.437. The van der Waals surface area contributed by atoms with Crippen molar-refractivity contribution in [3.63, 3.8) is 0 Å². The van der Waals surface area contributed by atoms with Gasteiger partial charge in [0.1, 0.15) is 11.9 Å². The Morgan fingerprint density at radius 3 is 2.65 bits per heavy atom. The molecule has 0 amide bonds. The van der Waals surface area contributed by atoms with Crippen LogP contribution in [0.1, 0.15) is 12.8 Å². The van der Waals surface area contributed by atoms with Crippen LogP contribution in [0.4, 0.5) is 0 Å². The second kappa shape index (κ2) is 3.70. The summed E-state index contributed by atoms with van der Waals surface area (Å²) in [4.78, 5) is 6.77. The first-order valence-corrected chi connectivity index (χ1v) is 6.67. The van der Waals surface area contributed by atoms with Crippen molar-refractivity contribution in [2.45, 2.75) is 18.9 Å². The number of hydrogen-bond acceptors (Lipinski definition) is 3. The molecule has 3 aliphatic heterocycles. The SMILES string of the molecule is c1cncc(OC2C3CC4C[C@@H]2CN(C4)C3)c1. The summed E-state index contributed by atoms with van der Waals surface area (Å²) in [5.74, 6) is 3.39.